The van der Waals surface area contributed by atoms with Crippen molar-refractivity contribution in [2.24, 2.45) is 0 Å². The van der Waals surface area contributed by atoms with Crippen molar-refractivity contribution in [2.75, 3.05) is 30.1 Å². The van der Waals surface area contributed by atoms with Crippen LogP contribution in [-0.2, 0) is 24.7 Å². The summed E-state index contributed by atoms with van der Waals surface area (Å²) in [6, 6.07) is 5.37. The van der Waals surface area contributed by atoms with Crippen molar-refractivity contribution in [2.45, 2.75) is 31.2 Å². The Morgan fingerprint density at radius 2 is 1.77 bits per heavy atom. The standard InChI is InChI=1S/C16H26N2O5S3/c1-4-25(20,21)12-10-17-16(19)15(9-11-24-3)18-26(22,23)14-7-5-13(2)6-8-14/h5-8,15,18H,4,9-12H2,1-3H3,(H,17,19). The predicted octanol–water partition coefficient (Wildman–Crippen LogP) is 0.946. The summed E-state index contributed by atoms with van der Waals surface area (Å²) in [6.07, 6.45) is 2.16. The smallest absolute Gasteiger partial charge is 0.241 e. The summed E-state index contributed by atoms with van der Waals surface area (Å²) in [5.41, 5.74) is 0.928. The van der Waals surface area contributed by atoms with E-state index in [1.807, 2.05) is 13.2 Å². The Hall–Kier alpha value is -1.10. The van der Waals surface area contributed by atoms with Crippen LogP contribution in [0.25, 0.3) is 0 Å². The second-order valence-corrected chi connectivity index (χ2v) is 11.0. The van der Waals surface area contributed by atoms with Crippen LogP contribution in [0.2, 0.25) is 0 Å². The van der Waals surface area contributed by atoms with Gasteiger partial charge in [-0.1, -0.05) is 24.6 Å². The molecule has 0 heterocycles. The molecular formula is C16H26N2O5S3. The highest BCUT2D eigenvalue weighted by molar-refractivity contribution is 7.98. The second-order valence-electron chi connectivity index (χ2n) is 5.80. The summed E-state index contributed by atoms with van der Waals surface area (Å²) in [7, 11) is -7.05. The molecule has 7 nitrogen and oxygen atoms in total. The zero-order valence-electron chi connectivity index (χ0n) is 15.2. The summed E-state index contributed by atoms with van der Waals surface area (Å²) in [5, 5.41) is 2.51. The SMILES string of the molecule is CCS(=O)(=O)CCNC(=O)C(CCSC)NS(=O)(=O)c1ccc(C)cc1. The summed E-state index contributed by atoms with van der Waals surface area (Å²) >= 11 is 1.49. The van der Waals surface area contributed by atoms with E-state index in [1.165, 1.54) is 30.8 Å². The number of nitrogens with one attached hydrogen (secondary N) is 2. The first-order valence-electron chi connectivity index (χ1n) is 8.17. The third-order valence-corrected chi connectivity index (χ3v) is 7.55. The molecule has 26 heavy (non-hydrogen) atoms. The fraction of sp³-hybridized carbons (Fsp3) is 0.562. The van der Waals surface area contributed by atoms with Crippen LogP contribution in [0.5, 0.6) is 0 Å². The van der Waals surface area contributed by atoms with E-state index in [1.54, 1.807) is 12.1 Å². The number of carbonyl (C=O) groups excluding carboxylic acids is 1. The first kappa shape index (κ1) is 22.9. The highest BCUT2D eigenvalue weighted by atomic mass is 32.2. The van der Waals surface area contributed by atoms with Crippen LogP contribution in [0.3, 0.4) is 0 Å². The van der Waals surface area contributed by atoms with E-state index >= 15 is 0 Å². The molecule has 1 amide bonds. The minimum Gasteiger partial charge on any atom is -0.354 e. The summed E-state index contributed by atoms with van der Waals surface area (Å²) < 4.78 is 50.4. The molecule has 0 spiro atoms. The zero-order valence-corrected chi connectivity index (χ0v) is 17.6. The molecule has 0 aliphatic heterocycles. The van der Waals surface area contributed by atoms with Crippen LogP contribution >= 0.6 is 11.8 Å². The number of hydrogen-bond donors (Lipinski definition) is 2. The lowest BCUT2D eigenvalue weighted by Crippen LogP contribution is -2.47. The first-order valence-corrected chi connectivity index (χ1v) is 12.9. The lowest BCUT2D eigenvalue weighted by atomic mass is 10.2. The van der Waals surface area contributed by atoms with Gasteiger partial charge >= 0.3 is 0 Å². The third kappa shape index (κ3) is 7.65. The number of aryl methyl sites for hydroxylation is 1. The van der Waals surface area contributed by atoms with Crippen molar-refractivity contribution in [3.8, 4) is 0 Å². The maximum Gasteiger partial charge on any atom is 0.241 e. The number of benzene rings is 1. The summed E-state index contributed by atoms with van der Waals surface area (Å²) in [6.45, 7) is 3.34. The molecule has 1 atom stereocenters. The van der Waals surface area contributed by atoms with Gasteiger partial charge in [0, 0.05) is 12.3 Å². The monoisotopic (exact) mass is 422 g/mol. The summed E-state index contributed by atoms with van der Waals surface area (Å²) in [4.78, 5) is 12.4. The van der Waals surface area contributed by atoms with E-state index in [-0.39, 0.29) is 22.9 Å². The molecule has 1 aromatic carbocycles. The van der Waals surface area contributed by atoms with E-state index in [2.05, 4.69) is 10.0 Å². The van der Waals surface area contributed by atoms with Gasteiger partial charge in [-0.05, 0) is 37.5 Å². The predicted molar refractivity (Wildman–Crippen MR) is 106 cm³/mol. The maximum atomic E-state index is 12.5. The third-order valence-electron chi connectivity index (χ3n) is 3.71. The Labute approximate surface area is 160 Å². The molecule has 0 bridgehead atoms. The fourth-order valence-electron chi connectivity index (χ4n) is 2.05. The molecule has 1 aromatic rings. The van der Waals surface area contributed by atoms with Crippen molar-refractivity contribution in [3.05, 3.63) is 29.8 Å². The van der Waals surface area contributed by atoms with Crippen LogP contribution in [0.4, 0.5) is 0 Å². The second kappa shape index (κ2) is 10.3. The normalized spacial score (nSPS) is 13.3. The quantitative estimate of drug-likeness (QED) is 0.549. The van der Waals surface area contributed by atoms with Gasteiger partial charge in [0.05, 0.1) is 10.6 Å². The van der Waals surface area contributed by atoms with Crippen LogP contribution < -0.4 is 10.0 Å². The van der Waals surface area contributed by atoms with Gasteiger partial charge in [0.1, 0.15) is 6.04 Å². The Balaban J connectivity index is 2.81. The average Bonchev–Trinajstić information content (AvgIpc) is 2.58. The van der Waals surface area contributed by atoms with Gasteiger partial charge in [0.2, 0.25) is 15.9 Å². The molecule has 1 rings (SSSR count). The molecule has 0 aliphatic carbocycles. The Morgan fingerprint density at radius 3 is 2.31 bits per heavy atom. The zero-order chi connectivity index (χ0) is 19.8. The number of sulfonamides is 1. The molecule has 0 fully saturated rings. The van der Waals surface area contributed by atoms with Gasteiger partial charge in [0.25, 0.3) is 0 Å². The molecule has 10 heteroatoms. The molecule has 0 saturated carbocycles. The average molecular weight is 423 g/mol. The van der Waals surface area contributed by atoms with E-state index < -0.39 is 31.8 Å². The summed E-state index contributed by atoms with van der Waals surface area (Å²) in [5.74, 6) is -0.114. The molecular weight excluding hydrogens is 396 g/mol. The van der Waals surface area contributed by atoms with Gasteiger partial charge in [0.15, 0.2) is 9.84 Å². The topological polar surface area (TPSA) is 109 Å². The van der Waals surface area contributed by atoms with Crippen LogP contribution in [0.15, 0.2) is 29.2 Å². The van der Waals surface area contributed by atoms with Gasteiger partial charge in [-0.3, -0.25) is 4.79 Å². The van der Waals surface area contributed by atoms with E-state index in [4.69, 9.17) is 0 Å². The van der Waals surface area contributed by atoms with Gasteiger partial charge in [-0.2, -0.15) is 16.5 Å². The molecule has 0 saturated heterocycles. The van der Waals surface area contributed by atoms with E-state index in [9.17, 15) is 21.6 Å². The van der Waals surface area contributed by atoms with Crippen LogP contribution in [0, 0.1) is 6.92 Å². The minimum atomic E-state index is -3.85. The number of thioether (sulfide) groups is 1. The lowest BCUT2D eigenvalue weighted by Gasteiger charge is -2.18. The highest BCUT2D eigenvalue weighted by Crippen LogP contribution is 2.12. The van der Waals surface area contributed by atoms with Crippen molar-refractivity contribution in [1.29, 1.82) is 0 Å². The van der Waals surface area contributed by atoms with Crippen LogP contribution in [-0.4, -0.2) is 58.8 Å². The molecule has 0 aliphatic rings. The lowest BCUT2D eigenvalue weighted by molar-refractivity contribution is -0.122. The number of hydrogen-bond acceptors (Lipinski definition) is 6. The highest BCUT2D eigenvalue weighted by Gasteiger charge is 2.25. The fourth-order valence-corrected chi connectivity index (χ4v) is 4.45. The van der Waals surface area contributed by atoms with Gasteiger partial charge < -0.3 is 5.32 Å². The minimum absolute atomic E-state index is 0.00116. The first-order chi connectivity index (χ1) is 12.1. The van der Waals surface area contributed by atoms with Crippen molar-refractivity contribution in [1.82, 2.24) is 10.0 Å². The van der Waals surface area contributed by atoms with Crippen molar-refractivity contribution >= 4 is 37.5 Å². The van der Waals surface area contributed by atoms with Crippen molar-refractivity contribution < 1.29 is 21.6 Å². The Kier molecular flexibility index (Phi) is 9.08. The molecule has 0 aromatic heterocycles. The maximum absolute atomic E-state index is 12.5. The Bertz CT molecular complexity index is 790. The largest absolute Gasteiger partial charge is 0.354 e. The molecule has 2 N–H and O–H groups in total. The Morgan fingerprint density at radius 1 is 1.15 bits per heavy atom. The van der Waals surface area contributed by atoms with Crippen LogP contribution in [0.1, 0.15) is 18.9 Å². The number of sulfone groups is 1. The molecule has 148 valence electrons. The van der Waals surface area contributed by atoms with Gasteiger partial charge in [-0.15, -0.1) is 0 Å². The number of carbonyl (C=O) groups is 1. The number of amides is 1. The van der Waals surface area contributed by atoms with Gasteiger partial charge in [-0.25, -0.2) is 16.8 Å². The van der Waals surface area contributed by atoms with E-state index in [0.717, 1.165) is 5.56 Å². The molecule has 0 radical (unpaired) electrons. The molecule has 1 unspecified atom stereocenters. The van der Waals surface area contributed by atoms with E-state index in [0.29, 0.717) is 12.2 Å². The number of rotatable bonds is 11. The van der Waals surface area contributed by atoms with Crippen molar-refractivity contribution in [3.63, 3.8) is 0 Å².